The van der Waals surface area contributed by atoms with Crippen molar-refractivity contribution >= 4 is 12.1 Å². The number of nitrogens with one attached hydrogen (secondary N) is 1. The molecule has 0 aliphatic heterocycles. The van der Waals surface area contributed by atoms with Crippen molar-refractivity contribution in [3.63, 3.8) is 0 Å². The van der Waals surface area contributed by atoms with Gasteiger partial charge in [0.25, 0.3) is 0 Å². The highest BCUT2D eigenvalue weighted by atomic mass is 16.6. The van der Waals surface area contributed by atoms with E-state index in [1.165, 1.54) is 7.11 Å². The Labute approximate surface area is 131 Å². The molecule has 5 heteroatoms. The van der Waals surface area contributed by atoms with Crippen molar-refractivity contribution in [2.75, 3.05) is 13.7 Å². The third kappa shape index (κ3) is 5.88. The number of benzene rings is 1. The quantitative estimate of drug-likeness (QED) is 0.674. The molecule has 22 heavy (non-hydrogen) atoms. The number of carbonyl (C=O) groups excluding carboxylic acids is 2. The topological polar surface area (TPSA) is 64.6 Å². The second-order valence-corrected chi connectivity index (χ2v) is 5.70. The van der Waals surface area contributed by atoms with Gasteiger partial charge in [-0.1, -0.05) is 17.9 Å². The maximum absolute atomic E-state index is 11.7. The highest BCUT2D eigenvalue weighted by Crippen LogP contribution is 2.11. The summed E-state index contributed by atoms with van der Waals surface area (Å²) in [7, 11) is 1.32. The lowest BCUT2D eigenvalue weighted by molar-refractivity contribution is 0.0533. The minimum Gasteiger partial charge on any atom is -0.465 e. The van der Waals surface area contributed by atoms with E-state index >= 15 is 0 Å². The number of ether oxygens (including phenoxy) is 2. The Balaban J connectivity index is 2.74. The van der Waals surface area contributed by atoms with Gasteiger partial charge in [0, 0.05) is 5.56 Å². The number of amides is 1. The zero-order chi connectivity index (χ0) is 16.8. The van der Waals surface area contributed by atoms with Crippen molar-refractivity contribution in [1.82, 2.24) is 5.32 Å². The molecule has 0 saturated heterocycles. The first kappa shape index (κ1) is 17.6. The molecule has 0 unspecified atom stereocenters. The fraction of sp³-hybridized carbons (Fsp3) is 0.412. The van der Waals surface area contributed by atoms with E-state index in [1.54, 1.807) is 32.9 Å². The summed E-state index contributed by atoms with van der Waals surface area (Å²) in [5.41, 5.74) is 1.40. The molecule has 5 nitrogen and oxygen atoms in total. The summed E-state index contributed by atoms with van der Waals surface area (Å²) < 4.78 is 9.82. The molecule has 0 atom stereocenters. The lowest BCUT2D eigenvalue weighted by Gasteiger charge is -2.19. The molecule has 0 saturated carbocycles. The molecule has 0 fully saturated rings. The Hall–Kier alpha value is -2.48. The largest absolute Gasteiger partial charge is 0.465 e. The molecule has 0 aliphatic rings. The van der Waals surface area contributed by atoms with Crippen LogP contribution in [0.15, 0.2) is 18.2 Å². The van der Waals surface area contributed by atoms with E-state index in [2.05, 4.69) is 17.2 Å². The van der Waals surface area contributed by atoms with Crippen LogP contribution in [0.3, 0.4) is 0 Å². The van der Waals surface area contributed by atoms with E-state index in [4.69, 9.17) is 9.47 Å². The predicted octanol–water partition coefficient (Wildman–Crippen LogP) is 2.66. The average molecular weight is 303 g/mol. The van der Waals surface area contributed by atoms with Gasteiger partial charge in [0.05, 0.1) is 19.2 Å². The Morgan fingerprint density at radius 3 is 2.55 bits per heavy atom. The molecule has 1 aromatic rings. The summed E-state index contributed by atoms with van der Waals surface area (Å²) in [6.07, 6.45) is -0.528. The first-order chi connectivity index (χ1) is 10.2. The standard InChI is InChI=1S/C17H21NO4/c1-12-8-9-14(15(19)21-5)13(11-12)7-6-10-18-16(20)22-17(2,3)4/h8-9,11H,10H2,1-5H3,(H,18,20). The van der Waals surface area contributed by atoms with Gasteiger partial charge in [-0.3, -0.25) is 0 Å². The molecule has 0 spiro atoms. The van der Waals surface area contributed by atoms with Crippen molar-refractivity contribution in [3.05, 3.63) is 34.9 Å². The molecular formula is C17H21NO4. The van der Waals surface area contributed by atoms with Gasteiger partial charge < -0.3 is 14.8 Å². The first-order valence-electron chi connectivity index (χ1n) is 6.87. The molecule has 0 aromatic heterocycles. The average Bonchev–Trinajstić information content (AvgIpc) is 2.41. The van der Waals surface area contributed by atoms with Crippen LogP contribution in [0.5, 0.6) is 0 Å². The molecule has 118 valence electrons. The Morgan fingerprint density at radius 1 is 1.27 bits per heavy atom. The van der Waals surface area contributed by atoms with Crippen LogP contribution in [0.1, 0.15) is 42.3 Å². The summed E-state index contributed by atoms with van der Waals surface area (Å²) in [6, 6.07) is 5.29. The van der Waals surface area contributed by atoms with Crippen LogP contribution < -0.4 is 5.32 Å². The highest BCUT2D eigenvalue weighted by molar-refractivity contribution is 5.92. The molecule has 1 N–H and O–H groups in total. The van der Waals surface area contributed by atoms with Crippen LogP contribution in [0.25, 0.3) is 0 Å². The maximum Gasteiger partial charge on any atom is 0.408 e. The van der Waals surface area contributed by atoms with E-state index < -0.39 is 17.7 Å². The summed E-state index contributed by atoms with van der Waals surface area (Å²) in [5.74, 6) is 5.22. The summed E-state index contributed by atoms with van der Waals surface area (Å²) in [6.45, 7) is 7.39. The smallest absolute Gasteiger partial charge is 0.408 e. The van der Waals surface area contributed by atoms with Crippen molar-refractivity contribution in [1.29, 1.82) is 0 Å². The van der Waals surface area contributed by atoms with E-state index in [9.17, 15) is 9.59 Å². The number of rotatable bonds is 2. The van der Waals surface area contributed by atoms with Crippen LogP contribution in [0, 0.1) is 18.8 Å². The molecule has 0 bridgehead atoms. The van der Waals surface area contributed by atoms with E-state index in [1.807, 2.05) is 13.0 Å². The third-order valence-electron chi connectivity index (χ3n) is 2.52. The van der Waals surface area contributed by atoms with E-state index in [0.29, 0.717) is 11.1 Å². The van der Waals surface area contributed by atoms with Gasteiger partial charge in [-0.25, -0.2) is 9.59 Å². The van der Waals surface area contributed by atoms with Crippen LogP contribution in [0.4, 0.5) is 4.79 Å². The third-order valence-corrected chi connectivity index (χ3v) is 2.52. The van der Waals surface area contributed by atoms with Crippen LogP contribution in [0.2, 0.25) is 0 Å². The first-order valence-corrected chi connectivity index (χ1v) is 6.87. The molecular weight excluding hydrogens is 282 g/mol. The van der Waals surface area contributed by atoms with Gasteiger partial charge in [-0.05, 0) is 45.4 Å². The van der Waals surface area contributed by atoms with Gasteiger partial charge in [0.1, 0.15) is 5.60 Å². The molecule has 0 aliphatic carbocycles. The Morgan fingerprint density at radius 2 is 1.95 bits per heavy atom. The zero-order valence-corrected chi connectivity index (χ0v) is 13.6. The van der Waals surface area contributed by atoms with Crippen LogP contribution in [-0.2, 0) is 9.47 Å². The number of hydrogen-bond donors (Lipinski definition) is 1. The number of aryl methyl sites for hydroxylation is 1. The van der Waals surface area contributed by atoms with Gasteiger partial charge in [0.15, 0.2) is 0 Å². The van der Waals surface area contributed by atoms with E-state index in [0.717, 1.165) is 5.56 Å². The molecule has 1 rings (SSSR count). The Bertz CT molecular complexity index is 618. The minimum atomic E-state index is -0.549. The highest BCUT2D eigenvalue weighted by Gasteiger charge is 2.15. The van der Waals surface area contributed by atoms with Gasteiger partial charge in [-0.2, -0.15) is 0 Å². The molecule has 1 amide bonds. The van der Waals surface area contributed by atoms with Gasteiger partial charge in [-0.15, -0.1) is 0 Å². The van der Waals surface area contributed by atoms with E-state index in [-0.39, 0.29) is 6.54 Å². The summed E-state index contributed by atoms with van der Waals surface area (Å²) in [5, 5.41) is 2.54. The maximum atomic E-state index is 11.7. The monoisotopic (exact) mass is 303 g/mol. The fourth-order valence-corrected chi connectivity index (χ4v) is 1.62. The second-order valence-electron chi connectivity index (χ2n) is 5.70. The summed E-state index contributed by atoms with van der Waals surface area (Å²) >= 11 is 0. The predicted molar refractivity (Wildman–Crippen MR) is 83.6 cm³/mol. The number of hydrogen-bond acceptors (Lipinski definition) is 4. The van der Waals surface area contributed by atoms with Crippen molar-refractivity contribution in [2.24, 2.45) is 0 Å². The number of methoxy groups -OCH3 is 1. The number of esters is 1. The lowest BCUT2D eigenvalue weighted by atomic mass is 10.0. The van der Waals surface area contributed by atoms with Crippen molar-refractivity contribution in [2.45, 2.75) is 33.3 Å². The van der Waals surface area contributed by atoms with Crippen LogP contribution in [-0.4, -0.2) is 31.3 Å². The normalized spacial score (nSPS) is 10.2. The minimum absolute atomic E-state index is 0.128. The van der Waals surface area contributed by atoms with Crippen molar-refractivity contribution in [3.8, 4) is 11.8 Å². The fourth-order valence-electron chi connectivity index (χ4n) is 1.62. The SMILES string of the molecule is COC(=O)c1ccc(C)cc1C#CCNC(=O)OC(C)(C)C. The van der Waals surface area contributed by atoms with Crippen LogP contribution >= 0.6 is 0 Å². The van der Waals surface area contributed by atoms with Gasteiger partial charge in [0.2, 0.25) is 0 Å². The zero-order valence-electron chi connectivity index (χ0n) is 13.6. The molecule has 0 radical (unpaired) electrons. The van der Waals surface area contributed by atoms with Gasteiger partial charge >= 0.3 is 12.1 Å². The van der Waals surface area contributed by atoms with Crippen molar-refractivity contribution < 1.29 is 19.1 Å². The Kier molecular flexibility index (Phi) is 6.00. The second kappa shape index (κ2) is 7.51. The lowest BCUT2D eigenvalue weighted by Crippen LogP contribution is -2.32. The molecule has 0 heterocycles. The summed E-state index contributed by atoms with van der Waals surface area (Å²) in [4.78, 5) is 23.1. The molecule has 1 aromatic carbocycles. The number of carbonyl (C=O) groups is 2. The number of alkyl carbamates (subject to hydrolysis) is 1.